The summed E-state index contributed by atoms with van der Waals surface area (Å²) in [7, 11) is 0. The molecule has 4 N–H and O–H groups in total. The molecule has 2 aliphatic heterocycles. The van der Waals surface area contributed by atoms with Crippen molar-refractivity contribution in [3.05, 3.63) is 0 Å². The first kappa shape index (κ1) is 13.2. The fraction of sp³-hybridized carbons (Fsp3) is 1.00. The van der Waals surface area contributed by atoms with Crippen LogP contribution >= 0.6 is 0 Å². The van der Waals surface area contributed by atoms with Crippen molar-refractivity contribution in [1.29, 1.82) is 0 Å². The van der Waals surface area contributed by atoms with Crippen molar-refractivity contribution >= 4 is 0 Å². The van der Waals surface area contributed by atoms with Gasteiger partial charge in [-0.15, -0.1) is 0 Å². The van der Waals surface area contributed by atoms with Gasteiger partial charge in [-0.1, -0.05) is 13.8 Å². The number of fused-ring (bicyclic) bond motifs is 1. The monoisotopic (exact) mass is 244 g/mol. The van der Waals surface area contributed by atoms with Crippen LogP contribution in [0.2, 0.25) is 0 Å². The van der Waals surface area contributed by atoms with Gasteiger partial charge in [0.25, 0.3) is 0 Å². The van der Waals surface area contributed by atoms with E-state index in [1.165, 1.54) is 0 Å². The molecule has 100 valence electrons. The molecular weight excluding hydrogens is 220 g/mol. The first-order chi connectivity index (χ1) is 8.00. The smallest absolute Gasteiger partial charge is 0.0994 e. The van der Waals surface area contributed by atoms with Gasteiger partial charge in [-0.2, -0.15) is 0 Å². The average molecular weight is 244 g/mol. The van der Waals surface area contributed by atoms with E-state index in [-0.39, 0.29) is 12.1 Å². The maximum Gasteiger partial charge on any atom is 0.0994 e. The molecule has 17 heavy (non-hydrogen) atoms. The van der Waals surface area contributed by atoms with Gasteiger partial charge in [-0.25, -0.2) is 0 Å². The van der Waals surface area contributed by atoms with Gasteiger partial charge in [0.1, 0.15) is 0 Å². The summed E-state index contributed by atoms with van der Waals surface area (Å²) in [6.07, 6.45) is -1.47. The summed E-state index contributed by atoms with van der Waals surface area (Å²) in [4.78, 5) is 2.08. The van der Waals surface area contributed by atoms with Crippen molar-refractivity contribution in [2.75, 3.05) is 19.6 Å². The lowest BCUT2D eigenvalue weighted by atomic mass is 9.91. The number of rotatable bonds is 3. The zero-order chi connectivity index (χ0) is 12.6. The van der Waals surface area contributed by atoms with E-state index in [4.69, 9.17) is 0 Å². The van der Waals surface area contributed by atoms with Crippen molar-refractivity contribution in [3.63, 3.8) is 0 Å². The summed E-state index contributed by atoms with van der Waals surface area (Å²) in [6.45, 7) is 6.56. The molecule has 0 amide bonds. The number of aliphatic hydroxyl groups excluding tert-OH is 3. The number of hydrogen-bond donors (Lipinski definition) is 4. The van der Waals surface area contributed by atoms with Gasteiger partial charge in [-0.3, -0.25) is 4.90 Å². The highest BCUT2D eigenvalue weighted by Crippen LogP contribution is 2.28. The van der Waals surface area contributed by atoms with Crippen LogP contribution < -0.4 is 5.32 Å². The fourth-order valence-electron chi connectivity index (χ4n) is 2.89. The SMILES string of the molecule is CC(C)CN[C@H]1CN2CC[C@H](O)C2[C@@H](O)[C@@H]1O. The van der Waals surface area contributed by atoms with Gasteiger partial charge in [0, 0.05) is 19.1 Å². The van der Waals surface area contributed by atoms with Crippen LogP contribution in [0.3, 0.4) is 0 Å². The largest absolute Gasteiger partial charge is 0.391 e. The Morgan fingerprint density at radius 1 is 1.24 bits per heavy atom. The van der Waals surface area contributed by atoms with Crippen LogP contribution in [0.4, 0.5) is 0 Å². The Labute approximate surface area is 102 Å². The van der Waals surface area contributed by atoms with Crippen molar-refractivity contribution in [3.8, 4) is 0 Å². The third-order valence-electron chi connectivity index (χ3n) is 3.86. The summed E-state index contributed by atoms with van der Waals surface area (Å²) >= 11 is 0. The summed E-state index contributed by atoms with van der Waals surface area (Å²) in [5.41, 5.74) is 0. The summed E-state index contributed by atoms with van der Waals surface area (Å²) in [5.74, 6) is 0.515. The van der Waals surface area contributed by atoms with E-state index in [1.54, 1.807) is 0 Å². The second-order valence-electron chi connectivity index (χ2n) is 5.73. The van der Waals surface area contributed by atoms with E-state index in [0.29, 0.717) is 18.9 Å². The average Bonchev–Trinajstić information content (AvgIpc) is 2.63. The summed E-state index contributed by atoms with van der Waals surface area (Å²) < 4.78 is 0. The minimum atomic E-state index is -0.856. The highest BCUT2D eigenvalue weighted by atomic mass is 16.3. The van der Waals surface area contributed by atoms with Crippen LogP contribution in [-0.2, 0) is 0 Å². The first-order valence-corrected chi connectivity index (χ1v) is 6.52. The first-order valence-electron chi connectivity index (χ1n) is 6.52. The number of hydrogen-bond acceptors (Lipinski definition) is 5. The maximum atomic E-state index is 10.1. The molecule has 2 saturated heterocycles. The molecule has 0 saturated carbocycles. The zero-order valence-electron chi connectivity index (χ0n) is 10.6. The van der Waals surface area contributed by atoms with Crippen LogP contribution in [0.15, 0.2) is 0 Å². The Balaban J connectivity index is 1.98. The Kier molecular flexibility index (Phi) is 4.05. The van der Waals surface area contributed by atoms with E-state index in [0.717, 1.165) is 13.1 Å². The van der Waals surface area contributed by atoms with Gasteiger partial charge in [0.2, 0.25) is 0 Å². The molecule has 0 spiro atoms. The Morgan fingerprint density at radius 2 is 1.94 bits per heavy atom. The predicted molar refractivity (Wildman–Crippen MR) is 64.6 cm³/mol. The van der Waals surface area contributed by atoms with E-state index in [9.17, 15) is 15.3 Å². The minimum absolute atomic E-state index is 0.103. The van der Waals surface area contributed by atoms with Crippen LogP contribution in [0.25, 0.3) is 0 Å². The molecule has 2 aliphatic rings. The third kappa shape index (κ3) is 2.63. The standard InChI is InChI=1S/C12H24N2O3/c1-7(2)5-13-8-6-14-4-3-9(15)10(14)12(17)11(8)16/h7-13,15-17H,3-6H2,1-2H3/t8-,9-,10?,11+,12+/m0/s1. The second-order valence-corrected chi connectivity index (χ2v) is 5.73. The summed E-state index contributed by atoms with van der Waals surface area (Å²) in [5, 5.41) is 33.2. The van der Waals surface area contributed by atoms with E-state index >= 15 is 0 Å². The van der Waals surface area contributed by atoms with Crippen molar-refractivity contribution < 1.29 is 15.3 Å². The molecule has 2 heterocycles. The van der Waals surface area contributed by atoms with Crippen molar-refractivity contribution in [1.82, 2.24) is 10.2 Å². The minimum Gasteiger partial charge on any atom is -0.391 e. The van der Waals surface area contributed by atoms with Gasteiger partial charge in [-0.05, 0) is 18.9 Å². The molecule has 0 aromatic heterocycles. The molecule has 0 bridgehead atoms. The van der Waals surface area contributed by atoms with Crippen LogP contribution in [0.5, 0.6) is 0 Å². The zero-order valence-corrected chi connectivity index (χ0v) is 10.6. The van der Waals surface area contributed by atoms with Gasteiger partial charge in [0.15, 0.2) is 0 Å². The van der Waals surface area contributed by atoms with E-state index in [2.05, 4.69) is 24.1 Å². The molecule has 0 aromatic carbocycles. The molecule has 2 rings (SSSR count). The van der Waals surface area contributed by atoms with Gasteiger partial charge >= 0.3 is 0 Å². The predicted octanol–water partition coefficient (Wildman–Crippen LogP) is -1.23. The number of aliphatic hydroxyl groups is 3. The molecule has 1 unspecified atom stereocenters. The molecule has 5 atom stereocenters. The fourth-order valence-corrected chi connectivity index (χ4v) is 2.89. The number of nitrogens with one attached hydrogen (secondary N) is 1. The molecule has 5 heteroatoms. The Bertz CT molecular complexity index is 262. The molecule has 0 radical (unpaired) electrons. The van der Waals surface area contributed by atoms with Crippen LogP contribution in [0, 0.1) is 5.92 Å². The van der Waals surface area contributed by atoms with Gasteiger partial charge < -0.3 is 20.6 Å². The Hall–Kier alpha value is -0.200. The third-order valence-corrected chi connectivity index (χ3v) is 3.86. The lowest BCUT2D eigenvalue weighted by Crippen LogP contribution is -2.65. The van der Waals surface area contributed by atoms with E-state index < -0.39 is 18.3 Å². The topological polar surface area (TPSA) is 76.0 Å². The number of piperidine rings is 1. The lowest BCUT2D eigenvalue weighted by molar-refractivity contribution is -0.102. The molecular formula is C12H24N2O3. The van der Waals surface area contributed by atoms with Crippen LogP contribution in [0.1, 0.15) is 20.3 Å². The van der Waals surface area contributed by atoms with Crippen molar-refractivity contribution in [2.24, 2.45) is 5.92 Å². The lowest BCUT2D eigenvalue weighted by Gasteiger charge is -2.43. The normalized spacial score (nSPS) is 43.1. The quantitative estimate of drug-likeness (QED) is 0.500. The second kappa shape index (κ2) is 5.20. The van der Waals surface area contributed by atoms with E-state index in [1.807, 2.05) is 0 Å². The highest BCUT2D eigenvalue weighted by molar-refractivity contribution is 5.03. The summed E-state index contributed by atoms with van der Waals surface area (Å²) in [6, 6.07) is -0.393. The number of nitrogens with zero attached hydrogens (tertiary/aromatic N) is 1. The molecule has 0 aliphatic carbocycles. The van der Waals surface area contributed by atoms with Crippen LogP contribution in [-0.4, -0.2) is 70.2 Å². The van der Waals surface area contributed by atoms with Gasteiger partial charge in [0.05, 0.1) is 24.4 Å². The Morgan fingerprint density at radius 3 is 2.59 bits per heavy atom. The highest BCUT2D eigenvalue weighted by Gasteiger charge is 2.47. The molecule has 0 aromatic rings. The molecule has 2 fully saturated rings. The molecule has 5 nitrogen and oxygen atoms in total. The maximum absolute atomic E-state index is 10.1. The van der Waals surface area contributed by atoms with Crippen molar-refractivity contribution in [2.45, 2.75) is 50.7 Å².